The summed E-state index contributed by atoms with van der Waals surface area (Å²) in [6.07, 6.45) is 0. The highest BCUT2D eigenvalue weighted by molar-refractivity contribution is 6.58. The highest BCUT2D eigenvalue weighted by Crippen LogP contribution is 2.11. The van der Waals surface area contributed by atoms with Gasteiger partial charge < -0.3 is 14.8 Å². The van der Waals surface area contributed by atoms with Crippen molar-refractivity contribution in [3.63, 3.8) is 0 Å². The van der Waals surface area contributed by atoms with E-state index in [1.54, 1.807) is 36.4 Å². The van der Waals surface area contributed by atoms with Crippen molar-refractivity contribution in [3.8, 4) is 11.8 Å². The summed E-state index contributed by atoms with van der Waals surface area (Å²) in [6, 6.07) is 15.8. The van der Waals surface area contributed by atoms with Gasteiger partial charge >= 0.3 is 7.12 Å². The molecule has 0 saturated heterocycles. The van der Waals surface area contributed by atoms with Crippen LogP contribution in [0.2, 0.25) is 0 Å². The van der Waals surface area contributed by atoms with Crippen molar-refractivity contribution in [3.05, 3.63) is 59.7 Å². The standard InChI is InChI=1S/C14H12BNO3/c16-9-11-1-3-12(4-2-11)10-19-14-7-5-13(6-8-14)15(17)18/h1-8,17-18H,10H2. The number of ether oxygens (including phenoxy) is 1. The summed E-state index contributed by atoms with van der Waals surface area (Å²) in [5.41, 5.74) is 2.00. The van der Waals surface area contributed by atoms with E-state index in [1.165, 1.54) is 0 Å². The molecule has 0 radical (unpaired) electrons. The van der Waals surface area contributed by atoms with Crippen LogP contribution in [-0.2, 0) is 6.61 Å². The van der Waals surface area contributed by atoms with Crippen LogP contribution in [0.4, 0.5) is 0 Å². The number of nitrogens with zero attached hydrogens (tertiary/aromatic N) is 1. The molecule has 0 saturated carbocycles. The van der Waals surface area contributed by atoms with Crippen molar-refractivity contribution < 1.29 is 14.8 Å². The lowest BCUT2D eigenvalue weighted by Crippen LogP contribution is -2.29. The van der Waals surface area contributed by atoms with E-state index in [2.05, 4.69) is 6.07 Å². The van der Waals surface area contributed by atoms with Gasteiger partial charge in [0, 0.05) is 0 Å². The zero-order chi connectivity index (χ0) is 13.7. The molecule has 2 rings (SSSR count). The van der Waals surface area contributed by atoms with E-state index < -0.39 is 7.12 Å². The molecule has 0 bridgehead atoms. The summed E-state index contributed by atoms with van der Waals surface area (Å²) in [7, 11) is -1.47. The highest BCUT2D eigenvalue weighted by atomic mass is 16.5. The third-order valence-corrected chi connectivity index (χ3v) is 2.67. The second-order valence-electron chi connectivity index (χ2n) is 4.04. The SMILES string of the molecule is N#Cc1ccc(COc2ccc(B(O)O)cc2)cc1. The predicted molar refractivity (Wildman–Crippen MR) is 71.8 cm³/mol. The maximum atomic E-state index is 8.96. The normalized spacial score (nSPS) is 9.74. The molecule has 94 valence electrons. The lowest BCUT2D eigenvalue weighted by atomic mass is 9.80. The molecule has 0 amide bonds. The van der Waals surface area contributed by atoms with Crippen LogP contribution in [0.25, 0.3) is 0 Å². The van der Waals surface area contributed by atoms with Crippen LogP contribution in [0.5, 0.6) is 5.75 Å². The number of hydrogen-bond acceptors (Lipinski definition) is 4. The summed E-state index contributed by atoms with van der Waals surface area (Å²) in [4.78, 5) is 0. The van der Waals surface area contributed by atoms with Crippen LogP contribution >= 0.6 is 0 Å². The van der Waals surface area contributed by atoms with Gasteiger partial charge in [-0.2, -0.15) is 5.26 Å². The Labute approximate surface area is 111 Å². The summed E-state index contributed by atoms with van der Waals surface area (Å²) in [5, 5.41) is 26.6. The molecular weight excluding hydrogens is 241 g/mol. The van der Waals surface area contributed by atoms with Crippen LogP contribution in [0.3, 0.4) is 0 Å². The van der Waals surface area contributed by atoms with Crippen molar-refractivity contribution in [1.29, 1.82) is 5.26 Å². The Bertz CT molecular complexity index is 573. The number of benzene rings is 2. The predicted octanol–water partition coefficient (Wildman–Crippen LogP) is 0.817. The van der Waals surface area contributed by atoms with Crippen molar-refractivity contribution in [2.45, 2.75) is 6.61 Å². The maximum absolute atomic E-state index is 8.96. The molecule has 5 heteroatoms. The Morgan fingerprint density at radius 2 is 1.63 bits per heavy atom. The van der Waals surface area contributed by atoms with Crippen LogP contribution in [-0.4, -0.2) is 17.2 Å². The Morgan fingerprint density at radius 3 is 2.16 bits per heavy atom. The lowest BCUT2D eigenvalue weighted by molar-refractivity contribution is 0.306. The Hall–Kier alpha value is -2.29. The zero-order valence-corrected chi connectivity index (χ0v) is 10.2. The third-order valence-electron chi connectivity index (χ3n) is 2.67. The molecule has 0 unspecified atom stereocenters. The van der Waals surface area contributed by atoms with Gasteiger partial charge in [-0.05, 0) is 35.3 Å². The van der Waals surface area contributed by atoms with Crippen molar-refractivity contribution in [2.75, 3.05) is 0 Å². The molecule has 0 heterocycles. The average molecular weight is 253 g/mol. The largest absolute Gasteiger partial charge is 0.489 e. The van der Waals surface area contributed by atoms with Gasteiger partial charge in [-0.3, -0.25) is 0 Å². The topological polar surface area (TPSA) is 73.5 Å². The van der Waals surface area contributed by atoms with Gasteiger partial charge in [0.05, 0.1) is 11.6 Å². The van der Waals surface area contributed by atoms with E-state index in [1.807, 2.05) is 12.1 Å². The van der Waals surface area contributed by atoms with Crippen LogP contribution in [0, 0.1) is 11.3 Å². The summed E-state index contributed by atoms with van der Waals surface area (Å²) in [5.74, 6) is 0.647. The summed E-state index contributed by atoms with van der Waals surface area (Å²) >= 11 is 0. The van der Waals surface area contributed by atoms with Crippen LogP contribution in [0.15, 0.2) is 48.5 Å². The second-order valence-corrected chi connectivity index (χ2v) is 4.04. The van der Waals surface area contributed by atoms with Crippen LogP contribution < -0.4 is 10.2 Å². The van der Waals surface area contributed by atoms with Gasteiger partial charge in [0.25, 0.3) is 0 Å². The molecule has 19 heavy (non-hydrogen) atoms. The third kappa shape index (κ3) is 3.58. The molecule has 0 aliphatic carbocycles. The monoisotopic (exact) mass is 253 g/mol. The Morgan fingerprint density at radius 1 is 1.00 bits per heavy atom. The molecule has 0 atom stereocenters. The first-order valence-corrected chi connectivity index (χ1v) is 5.77. The zero-order valence-electron chi connectivity index (χ0n) is 10.2. The van der Waals surface area contributed by atoms with Gasteiger partial charge in [0.1, 0.15) is 12.4 Å². The molecule has 0 aliphatic rings. The molecule has 0 aromatic heterocycles. The van der Waals surface area contributed by atoms with Gasteiger partial charge in [0.15, 0.2) is 0 Å². The minimum absolute atomic E-state index is 0.396. The van der Waals surface area contributed by atoms with E-state index in [4.69, 9.17) is 20.0 Å². The first-order chi connectivity index (χ1) is 9.19. The number of rotatable bonds is 4. The maximum Gasteiger partial charge on any atom is 0.488 e. The number of hydrogen-bond donors (Lipinski definition) is 2. The molecular formula is C14H12BNO3. The van der Waals surface area contributed by atoms with Gasteiger partial charge in [0.2, 0.25) is 0 Å². The molecule has 4 nitrogen and oxygen atoms in total. The minimum Gasteiger partial charge on any atom is -0.489 e. The van der Waals surface area contributed by atoms with E-state index in [-0.39, 0.29) is 0 Å². The van der Waals surface area contributed by atoms with E-state index in [0.717, 1.165) is 5.56 Å². The molecule has 0 aliphatic heterocycles. The van der Waals surface area contributed by atoms with Gasteiger partial charge in [-0.25, -0.2) is 0 Å². The first kappa shape index (κ1) is 13.2. The quantitative estimate of drug-likeness (QED) is 0.791. The molecule has 2 aromatic carbocycles. The van der Waals surface area contributed by atoms with Gasteiger partial charge in [-0.1, -0.05) is 24.3 Å². The first-order valence-electron chi connectivity index (χ1n) is 5.77. The fraction of sp³-hybridized carbons (Fsp3) is 0.0714. The van der Waals surface area contributed by atoms with E-state index >= 15 is 0 Å². The molecule has 2 N–H and O–H groups in total. The fourth-order valence-electron chi connectivity index (χ4n) is 1.58. The molecule has 0 fully saturated rings. The van der Waals surface area contributed by atoms with E-state index in [0.29, 0.717) is 23.4 Å². The fourth-order valence-corrected chi connectivity index (χ4v) is 1.58. The summed E-state index contributed by atoms with van der Waals surface area (Å²) in [6.45, 7) is 0.396. The minimum atomic E-state index is -1.47. The van der Waals surface area contributed by atoms with Gasteiger partial charge in [-0.15, -0.1) is 0 Å². The van der Waals surface area contributed by atoms with Crippen molar-refractivity contribution in [2.24, 2.45) is 0 Å². The van der Waals surface area contributed by atoms with Crippen LogP contribution in [0.1, 0.15) is 11.1 Å². The highest BCUT2D eigenvalue weighted by Gasteiger charge is 2.09. The summed E-state index contributed by atoms with van der Waals surface area (Å²) < 4.78 is 5.55. The smallest absolute Gasteiger partial charge is 0.488 e. The van der Waals surface area contributed by atoms with Crippen molar-refractivity contribution in [1.82, 2.24) is 0 Å². The molecule has 2 aromatic rings. The Kier molecular flexibility index (Phi) is 4.19. The van der Waals surface area contributed by atoms with Crippen molar-refractivity contribution >= 4 is 12.6 Å². The average Bonchev–Trinajstić information content (AvgIpc) is 2.46. The Balaban J connectivity index is 1.96. The lowest BCUT2D eigenvalue weighted by Gasteiger charge is -2.07. The van der Waals surface area contributed by atoms with E-state index in [9.17, 15) is 0 Å². The second kappa shape index (κ2) is 6.05. The number of nitriles is 1. The molecule has 0 spiro atoms.